The maximum atomic E-state index is 13.8. The second-order valence-electron chi connectivity index (χ2n) is 10.1. The van der Waals surface area contributed by atoms with Crippen molar-refractivity contribution in [3.05, 3.63) is 59.2 Å². The monoisotopic (exact) mass is 540 g/mol. The van der Waals surface area contributed by atoms with Gasteiger partial charge in [-0.1, -0.05) is 49.1 Å². The minimum Gasteiger partial charge on any atom is -0.376 e. The Morgan fingerprint density at radius 2 is 1.79 bits per heavy atom. The number of carbonyl (C=O) groups is 3. The molecule has 8 nitrogen and oxygen atoms in total. The molecule has 38 heavy (non-hydrogen) atoms. The minimum absolute atomic E-state index is 0.112. The summed E-state index contributed by atoms with van der Waals surface area (Å²) in [5.41, 5.74) is 0.710. The molecule has 9 heteroatoms. The predicted octanol–water partition coefficient (Wildman–Crippen LogP) is 5.04. The van der Waals surface area contributed by atoms with Crippen molar-refractivity contribution in [2.75, 3.05) is 18.5 Å². The Kier molecular flexibility index (Phi) is 10.5. The normalized spacial score (nSPS) is 18.5. The minimum atomic E-state index is -0.798. The van der Waals surface area contributed by atoms with E-state index < -0.39 is 6.04 Å². The van der Waals surface area contributed by atoms with Gasteiger partial charge in [0.15, 0.2) is 0 Å². The molecule has 1 aliphatic heterocycles. The summed E-state index contributed by atoms with van der Waals surface area (Å²) >= 11 is 6.14. The lowest BCUT2D eigenvalue weighted by molar-refractivity contribution is -0.143. The van der Waals surface area contributed by atoms with E-state index in [4.69, 9.17) is 16.3 Å². The van der Waals surface area contributed by atoms with Gasteiger partial charge in [-0.25, -0.2) is 4.98 Å². The number of pyridine rings is 1. The Balaban J connectivity index is 1.48. The first kappa shape index (κ1) is 28.0. The molecule has 1 saturated carbocycles. The van der Waals surface area contributed by atoms with Crippen LogP contribution in [0.2, 0.25) is 5.02 Å². The van der Waals surface area contributed by atoms with Gasteiger partial charge in [0.1, 0.15) is 11.9 Å². The highest BCUT2D eigenvalue weighted by Crippen LogP contribution is 2.28. The first-order valence-corrected chi connectivity index (χ1v) is 14.0. The van der Waals surface area contributed by atoms with Crippen LogP contribution in [-0.4, -0.2) is 52.9 Å². The van der Waals surface area contributed by atoms with Crippen molar-refractivity contribution in [3.8, 4) is 0 Å². The van der Waals surface area contributed by atoms with Crippen LogP contribution in [0, 0.1) is 0 Å². The molecule has 0 bridgehead atoms. The molecule has 4 rings (SSSR count). The van der Waals surface area contributed by atoms with Crippen molar-refractivity contribution < 1.29 is 19.1 Å². The van der Waals surface area contributed by atoms with Gasteiger partial charge in [0.25, 0.3) is 0 Å². The Hall–Kier alpha value is -2.97. The highest BCUT2D eigenvalue weighted by atomic mass is 35.5. The Morgan fingerprint density at radius 1 is 1.00 bits per heavy atom. The van der Waals surface area contributed by atoms with Crippen LogP contribution >= 0.6 is 11.6 Å². The van der Waals surface area contributed by atoms with Gasteiger partial charge in [0, 0.05) is 43.3 Å². The average molecular weight is 541 g/mol. The molecular formula is C29H37ClN4O4. The van der Waals surface area contributed by atoms with Gasteiger partial charge in [-0.2, -0.15) is 0 Å². The lowest BCUT2D eigenvalue weighted by Gasteiger charge is -2.35. The third-order valence-electron chi connectivity index (χ3n) is 7.17. The van der Waals surface area contributed by atoms with E-state index in [1.165, 1.54) is 6.42 Å². The Morgan fingerprint density at radius 3 is 2.47 bits per heavy atom. The Bertz CT molecular complexity index is 1050. The van der Waals surface area contributed by atoms with Gasteiger partial charge < -0.3 is 20.3 Å². The molecule has 2 aliphatic rings. The zero-order chi connectivity index (χ0) is 26.7. The summed E-state index contributed by atoms with van der Waals surface area (Å²) in [4.78, 5) is 45.6. The number of halogens is 1. The number of benzene rings is 1. The number of nitrogens with zero attached hydrogens (tertiary/aromatic N) is 2. The standard InChI is InChI=1S/C29H37ClN4O4/c30-22-16-14-21(15-17-22)28(29(37)32-23-8-2-1-3-9-23)34(20-24-10-7-19-38-24)27(36)13-6-12-26(35)33-25-11-4-5-18-31-25/h4-5,11,14-18,23-24,28H,1-3,6-10,12-13,19-20H2,(H,32,37)(H,31,33,35)/t24-,28-/m1/s1. The molecule has 0 unspecified atom stereocenters. The number of nitrogens with one attached hydrogen (secondary N) is 2. The van der Waals surface area contributed by atoms with Crippen molar-refractivity contribution in [2.24, 2.45) is 0 Å². The van der Waals surface area contributed by atoms with Crippen LogP contribution in [0.1, 0.15) is 75.8 Å². The number of amides is 3. The molecule has 2 fully saturated rings. The zero-order valence-corrected chi connectivity index (χ0v) is 22.5. The summed E-state index contributed by atoms with van der Waals surface area (Å²) in [6, 6.07) is 11.7. The summed E-state index contributed by atoms with van der Waals surface area (Å²) in [6.07, 6.45) is 9.20. The first-order valence-electron chi connectivity index (χ1n) is 13.7. The number of aromatic nitrogens is 1. The van der Waals surface area contributed by atoms with Crippen LogP contribution in [0.5, 0.6) is 0 Å². The molecule has 2 N–H and O–H groups in total. The van der Waals surface area contributed by atoms with E-state index in [0.29, 0.717) is 36.0 Å². The fraction of sp³-hybridized carbons (Fsp3) is 0.517. The SMILES string of the molecule is O=C(CCCC(=O)N(C[C@H]1CCCO1)[C@@H](C(=O)NC1CCCCC1)c1ccc(Cl)cc1)Nc1ccccn1. The van der Waals surface area contributed by atoms with E-state index >= 15 is 0 Å². The fourth-order valence-corrected chi connectivity index (χ4v) is 5.32. The second kappa shape index (κ2) is 14.3. The molecule has 3 amide bonds. The number of carbonyl (C=O) groups excluding carboxylic acids is 3. The molecule has 0 radical (unpaired) electrons. The third-order valence-corrected chi connectivity index (χ3v) is 7.42. The van der Waals surface area contributed by atoms with Gasteiger partial charge in [-0.15, -0.1) is 0 Å². The van der Waals surface area contributed by atoms with Gasteiger partial charge in [-0.05, 0) is 61.9 Å². The lowest BCUT2D eigenvalue weighted by Crippen LogP contribution is -2.49. The molecule has 0 spiro atoms. The van der Waals surface area contributed by atoms with Crippen LogP contribution < -0.4 is 10.6 Å². The number of anilines is 1. The number of ether oxygens (including phenoxy) is 1. The van der Waals surface area contributed by atoms with Crippen molar-refractivity contribution in [3.63, 3.8) is 0 Å². The Labute approximate surface area is 229 Å². The quantitative estimate of drug-likeness (QED) is 0.416. The zero-order valence-electron chi connectivity index (χ0n) is 21.7. The average Bonchev–Trinajstić information content (AvgIpc) is 3.44. The van der Waals surface area contributed by atoms with Crippen molar-refractivity contribution in [1.82, 2.24) is 15.2 Å². The van der Waals surface area contributed by atoms with Crippen molar-refractivity contribution in [2.45, 2.75) is 82.4 Å². The molecule has 1 aromatic heterocycles. The van der Waals surface area contributed by atoms with Crippen LogP contribution in [0.15, 0.2) is 48.7 Å². The van der Waals surface area contributed by atoms with E-state index in [1.54, 1.807) is 41.4 Å². The van der Waals surface area contributed by atoms with E-state index in [-0.39, 0.29) is 42.7 Å². The van der Waals surface area contributed by atoms with Crippen LogP contribution in [0.25, 0.3) is 0 Å². The highest BCUT2D eigenvalue weighted by molar-refractivity contribution is 6.30. The smallest absolute Gasteiger partial charge is 0.247 e. The van der Waals surface area contributed by atoms with E-state index in [0.717, 1.165) is 38.5 Å². The van der Waals surface area contributed by atoms with Gasteiger partial charge in [0.05, 0.1) is 6.10 Å². The predicted molar refractivity (Wildman–Crippen MR) is 147 cm³/mol. The molecular weight excluding hydrogens is 504 g/mol. The molecule has 1 saturated heterocycles. The molecule has 2 atom stereocenters. The van der Waals surface area contributed by atoms with Crippen molar-refractivity contribution in [1.29, 1.82) is 0 Å². The summed E-state index contributed by atoms with van der Waals surface area (Å²) in [5.74, 6) is -0.0826. The molecule has 2 heterocycles. The molecule has 204 valence electrons. The fourth-order valence-electron chi connectivity index (χ4n) is 5.19. The summed E-state index contributed by atoms with van der Waals surface area (Å²) in [7, 11) is 0. The molecule has 1 aromatic carbocycles. The van der Waals surface area contributed by atoms with E-state index in [2.05, 4.69) is 15.6 Å². The maximum absolute atomic E-state index is 13.8. The summed E-state index contributed by atoms with van der Waals surface area (Å²) in [5, 5.41) is 6.53. The summed E-state index contributed by atoms with van der Waals surface area (Å²) in [6.45, 7) is 0.977. The topological polar surface area (TPSA) is 101 Å². The second-order valence-corrected chi connectivity index (χ2v) is 10.5. The number of hydrogen-bond acceptors (Lipinski definition) is 5. The third kappa shape index (κ3) is 8.27. The highest BCUT2D eigenvalue weighted by Gasteiger charge is 2.35. The van der Waals surface area contributed by atoms with Gasteiger partial charge in [-0.3, -0.25) is 14.4 Å². The lowest BCUT2D eigenvalue weighted by atomic mass is 9.94. The van der Waals surface area contributed by atoms with E-state index in [1.807, 2.05) is 12.1 Å². The van der Waals surface area contributed by atoms with Crippen LogP contribution in [0.4, 0.5) is 5.82 Å². The van der Waals surface area contributed by atoms with Gasteiger partial charge >= 0.3 is 0 Å². The van der Waals surface area contributed by atoms with E-state index in [9.17, 15) is 14.4 Å². The number of rotatable bonds is 11. The van der Waals surface area contributed by atoms with Crippen LogP contribution in [0.3, 0.4) is 0 Å². The summed E-state index contributed by atoms with van der Waals surface area (Å²) < 4.78 is 5.86. The first-order chi connectivity index (χ1) is 18.5. The van der Waals surface area contributed by atoms with Gasteiger partial charge in [0.2, 0.25) is 17.7 Å². The molecule has 1 aliphatic carbocycles. The maximum Gasteiger partial charge on any atom is 0.247 e. The largest absolute Gasteiger partial charge is 0.376 e. The van der Waals surface area contributed by atoms with Crippen LogP contribution in [-0.2, 0) is 19.1 Å². The number of hydrogen-bond donors (Lipinski definition) is 2. The van der Waals surface area contributed by atoms with Crippen molar-refractivity contribution >= 4 is 35.1 Å². The molecule has 2 aromatic rings.